The van der Waals surface area contributed by atoms with Gasteiger partial charge in [-0.15, -0.1) is 0 Å². The number of piperazine rings is 1. The first kappa shape index (κ1) is 39.6. The molecule has 7 heterocycles. The molecule has 5 aliphatic rings. The van der Waals surface area contributed by atoms with Gasteiger partial charge in [0.05, 0.1) is 51.3 Å². The van der Waals surface area contributed by atoms with Gasteiger partial charge in [0.2, 0.25) is 17.6 Å². The lowest BCUT2D eigenvalue weighted by molar-refractivity contribution is -0.134. The molecule has 4 aliphatic heterocycles. The summed E-state index contributed by atoms with van der Waals surface area (Å²) in [6.45, 7) is 5.64. The Kier molecular flexibility index (Phi) is 10.0. The van der Waals surface area contributed by atoms with Crippen molar-refractivity contribution in [3.05, 3.63) is 69.7 Å². The number of nitrogens with one attached hydrogen (secondary N) is 3. The second-order valence-corrected chi connectivity index (χ2v) is 17.8. The third-order valence-electron chi connectivity index (χ3n) is 13.4. The van der Waals surface area contributed by atoms with E-state index in [9.17, 15) is 14.4 Å². The summed E-state index contributed by atoms with van der Waals surface area (Å²) < 4.78 is 39.1. The van der Waals surface area contributed by atoms with E-state index < -0.39 is 30.0 Å². The van der Waals surface area contributed by atoms with Crippen molar-refractivity contribution in [2.24, 2.45) is 25.9 Å². The topological polar surface area (TPSA) is 142 Å². The number of nitrogens with zero attached hydrogens (tertiary/aromatic N) is 7. The van der Waals surface area contributed by atoms with Gasteiger partial charge in [0.25, 0.3) is 5.56 Å². The molecule has 5 aromatic rings. The van der Waals surface area contributed by atoms with Crippen LogP contribution in [-0.4, -0.2) is 100 Å². The van der Waals surface area contributed by atoms with Crippen LogP contribution < -0.4 is 36.0 Å². The lowest BCUT2D eigenvalue weighted by Crippen LogP contribution is -2.49. The second-order valence-electron chi connectivity index (χ2n) is 17.4. The molecular formula is C44H49ClF2N10O4. The fourth-order valence-electron chi connectivity index (χ4n) is 9.72. The molecule has 61 heavy (non-hydrogen) atoms. The zero-order valence-corrected chi connectivity index (χ0v) is 35.0. The number of ether oxygens (including phenoxy) is 1. The van der Waals surface area contributed by atoms with Gasteiger partial charge in [-0.1, -0.05) is 11.6 Å². The van der Waals surface area contributed by atoms with Crippen molar-refractivity contribution in [1.29, 1.82) is 0 Å². The van der Waals surface area contributed by atoms with Crippen LogP contribution in [-0.2, 0) is 23.7 Å². The highest BCUT2D eigenvalue weighted by Gasteiger charge is 2.51. The van der Waals surface area contributed by atoms with Gasteiger partial charge in [-0.25, -0.2) is 13.8 Å². The number of aromatic nitrogens is 4. The maximum atomic E-state index is 15.2. The first-order chi connectivity index (χ1) is 29.4. The van der Waals surface area contributed by atoms with Crippen LogP contribution in [0.3, 0.4) is 0 Å². The molecule has 3 N–H and O–H groups in total. The summed E-state index contributed by atoms with van der Waals surface area (Å²) in [6.07, 6.45) is 6.07. The average Bonchev–Trinajstić information content (AvgIpc) is 4.06. The van der Waals surface area contributed by atoms with E-state index in [2.05, 4.69) is 53.8 Å². The highest BCUT2D eigenvalue weighted by molar-refractivity contribution is 6.33. The molecule has 2 unspecified atom stereocenters. The number of pyridine rings is 2. The maximum absolute atomic E-state index is 15.2. The van der Waals surface area contributed by atoms with E-state index >= 15 is 8.78 Å². The Hall–Kier alpha value is -5.48. The summed E-state index contributed by atoms with van der Waals surface area (Å²) in [7, 11) is 3.53. The first-order valence-corrected chi connectivity index (χ1v) is 21.7. The molecule has 1 aliphatic carbocycles. The summed E-state index contributed by atoms with van der Waals surface area (Å²) in [4.78, 5) is 49.5. The zero-order chi connectivity index (χ0) is 42.2. The number of halogens is 3. The molecule has 3 aromatic heterocycles. The number of fused-ring (bicyclic) bond motifs is 4. The average molecular weight is 855 g/mol. The number of rotatable bonds is 8. The molecule has 10 rings (SSSR count). The number of imide groups is 1. The van der Waals surface area contributed by atoms with E-state index in [0.717, 1.165) is 86.8 Å². The number of aryl methyl sites for hydroxylation is 2. The van der Waals surface area contributed by atoms with Crippen molar-refractivity contribution in [3.63, 3.8) is 0 Å². The molecule has 2 aromatic carbocycles. The van der Waals surface area contributed by atoms with Crippen molar-refractivity contribution < 1.29 is 23.1 Å². The van der Waals surface area contributed by atoms with Gasteiger partial charge >= 0.3 is 5.92 Å². The molecule has 0 radical (unpaired) electrons. The van der Waals surface area contributed by atoms with Crippen LogP contribution in [0.2, 0.25) is 5.02 Å². The Labute approximate surface area is 356 Å². The zero-order valence-electron chi connectivity index (χ0n) is 34.2. The summed E-state index contributed by atoms with van der Waals surface area (Å²) in [5, 5.41) is 15.7. The fourth-order valence-corrected chi connectivity index (χ4v) is 9.87. The number of amides is 2. The van der Waals surface area contributed by atoms with Crippen LogP contribution in [0, 0.1) is 11.8 Å². The van der Waals surface area contributed by atoms with Crippen molar-refractivity contribution in [2.75, 3.05) is 72.9 Å². The SMILES string of the molecule is Cn1nc(C2CCC(=O)NC2=O)c2ccc(N3CCC(CN4CCN(c5cc(Nc6ccc7c(c6)c6c(c(=O)n7C)OCC(F)(F)C(C7CC7)N6)c(Cl)cn5)CC4)CC3)cc21. The molecule has 17 heteroatoms. The van der Waals surface area contributed by atoms with Crippen LogP contribution in [0.25, 0.3) is 21.8 Å². The number of hydrogen-bond donors (Lipinski definition) is 3. The lowest BCUT2D eigenvalue weighted by Gasteiger charge is -2.39. The third kappa shape index (κ3) is 7.51. The molecule has 14 nitrogen and oxygen atoms in total. The van der Waals surface area contributed by atoms with E-state index in [-0.39, 0.29) is 23.5 Å². The molecule has 1 saturated carbocycles. The van der Waals surface area contributed by atoms with Crippen LogP contribution in [0.5, 0.6) is 5.75 Å². The fraction of sp³-hybridized carbons (Fsp3) is 0.477. The minimum atomic E-state index is -3.12. The smallest absolute Gasteiger partial charge is 0.301 e. The van der Waals surface area contributed by atoms with Crippen molar-refractivity contribution in [1.82, 2.24) is 29.5 Å². The first-order valence-electron chi connectivity index (χ1n) is 21.3. The van der Waals surface area contributed by atoms with E-state index in [0.29, 0.717) is 64.6 Å². The van der Waals surface area contributed by atoms with Gasteiger partial charge in [-0.3, -0.25) is 29.3 Å². The molecule has 4 fully saturated rings. The normalized spacial score (nSPS) is 22.4. The minimum absolute atomic E-state index is 0.0904. The number of piperidine rings is 2. The quantitative estimate of drug-likeness (QED) is 0.159. The number of anilines is 5. The number of hydrogen-bond acceptors (Lipinski definition) is 11. The standard InChI is InChI=1S/C44H49ClF2N10O4/c1-53-34-9-5-27(19-31(34)39-40(43(53)60)61-24-44(46,47)41(51-39)26-3-4-26)49-33-21-36(48-22-32(33)45)57-17-15-55(16-18-57)23-25-11-13-56(14-12-25)28-6-7-29-35(20-28)54(2)52-38(29)30-8-10-37(58)50-42(30)59/h5-7,9,19-22,25-26,30,41,51H,3-4,8,10-18,23-24H2,1-2H3,(H,48,49)(H,50,58,59). The van der Waals surface area contributed by atoms with Crippen molar-refractivity contribution >= 4 is 73.8 Å². The predicted molar refractivity (Wildman–Crippen MR) is 232 cm³/mol. The summed E-state index contributed by atoms with van der Waals surface area (Å²) >= 11 is 6.69. The minimum Gasteiger partial charge on any atom is -0.480 e. The van der Waals surface area contributed by atoms with E-state index in [1.165, 1.54) is 4.57 Å². The Balaban J connectivity index is 0.763. The van der Waals surface area contributed by atoms with Crippen LogP contribution in [0.15, 0.2) is 53.5 Å². The van der Waals surface area contributed by atoms with Gasteiger partial charge in [0.15, 0.2) is 6.61 Å². The van der Waals surface area contributed by atoms with Gasteiger partial charge in [0.1, 0.15) is 5.82 Å². The van der Waals surface area contributed by atoms with Crippen LogP contribution in [0.1, 0.15) is 50.1 Å². The third-order valence-corrected chi connectivity index (χ3v) is 13.7. The largest absolute Gasteiger partial charge is 0.480 e. The number of benzene rings is 2. The monoisotopic (exact) mass is 854 g/mol. The molecule has 0 bridgehead atoms. The van der Waals surface area contributed by atoms with Crippen LogP contribution in [0.4, 0.5) is 37.3 Å². The maximum Gasteiger partial charge on any atom is 0.301 e. The van der Waals surface area contributed by atoms with Gasteiger partial charge < -0.3 is 29.7 Å². The highest BCUT2D eigenvalue weighted by atomic mass is 35.5. The number of carbonyl (C=O) groups is 2. The van der Waals surface area contributed by atoms with E-state index in [1.54, 1.807) is 19.3 Å². The Morgan fingerprint density at radius 3 is 2.44 bits per heavy atom. The molecule has 3 saturated heterocycles. The van der Waals surface area contributed by atoms with Gasteiger partial charge in [-0.05, 0) is 80.3 Å². The molecule has 2 amide bonds. The van der Waals surface area contributed by atoms with Crippen molar-refractivity contribution in [2.45, 2.75) is 56.4 Å². The summed E-state index contributed by atoms with van der Waals surface area (Å²) in [6, 6.07) is 12.7. The van der Waals surface area contributed by atoms with Crippen molar-refractivity contribution in [3.8, 4) is 5.75 Å². The molecular weight excluding hydrogens is 806 g/mol. The van der Waals surface area contributed by atoms with Gasteiger partial charge in [0, 0.05) is 94.5 Å². The molecule has 2 atom stereocenters. The summed E-state index contributed by atoms with van der Waals surface area (Å²) in [5.41, 5.74) is 4.66. The number of alkyl halides is 2. The Bertz CT molecular complexity index is 2610. The Morgan fingerprint density at radius 2 is 1.69 bits per heavy atom. The highest BCUT2D eigenvalue weighted by Crippen LogP contribution is 2.46. The second kappa shape index (κ2) is 15.5. The van der Waals surface area contributed by atoms with Crippen LogP contribution >= 0.6 is 11.6 Å². The van der Waals surface area contributed by atoms with E-state index in [1.807, 2.05) is 29.9 Å². The molecule has 0 spiro atoms. The van der Waals surface area contributed by atoms with Gasteiger partial charge in [-0.2, -0.15) is 5.10 Å². The Morgan fingerprint density at radius 1 is 0.902 bits per heavy atom. The summed E-state index contributed by atoms with van der Waals surface area (Å²) in [5.74, 6) is -2.88. The lowest BCUT2D eigenvalue weighted by atomic mass is 9.92. The molecule has 320 valence electrons. The predicted octanol–water partition coefficient (Wildman–Crippen LogP) is 5.99. The van der Waals surface area contributed by atoms with E-state index in [4.69, 9.17) is 21.4 Å². The number of carbonyl (C=O) groups excluding carboxylic acids is 2.